The predicted molar refractivity (Wildman–Crippen MR) is 36.1 cm³/mol. The molecular formula is C6H6F4N4. The van der Waals surface area contributed by atoms with Crippen molar-refractivity contribution in [2.24, 2.45) is 0 Å². The average molecular weight is 210 g/mol. The Hall–Kier alpha value is -1.38. The van der Waals surface area contributed by atoms with E-state index in [-0.39, 0.29) is 0 Å². The highest BCUT2D eigenvalue weighted by Crippen LogP contribution is 2.19. The van der Waals surface area contributed by atoms with Gasteiger partial charge in [-0.2, -0.15) is 10.5 Å². The van der Waals surface area contributed by atoms with Gasteiger partial charge in [0.15, 0.2) is 0 Å². The van der Waals surface area contributed by atoms with Gasteiger partial charge in [-0.15, -0.1) is 17.9 Å². The molecule has 0 heterocycles. The summed E-state index contributed by atoms with van der Waals surface area (Å²) in [6.45, 7) is 0. The molecule has 0 bridgehead atoms. The lowest BCUT2D eigenvalue weighted by Crippen LogP contribution is -2.40. The maximum atomic E-state index is 12.0. The first-order chi connectivity index (χ1) is 6.54. The normalized spacial score (nSPS) is 14.9. The monoisotopic (exact) mass is 210 g/mol. The van der Waals surface area contributed by atoms with Gasteiger partial charge in [0.25, 0.3) is 0 Å². The summed E-state index contributed by atoms with van der Waals surface area (Å²) in [6.07, 6.45) is -1.55. The maximum Gasteiger partial charge on any atom is 0.108 e. The molecule has 0 aromatic heterocycles. The summed E-state index contributed by atoms with van der Waals surface area (Å²) in [4.78, 5) is 0. The van der Waals surface area contributed by atoms with Crippen molar-refractivity contribution < 1.29 is 17.9 Å². The van der Waals surface area contributed by atoms with Crippen LogP contribution in [0.25, 0.3) is 0 Å². The summed E-state index contributed by atoms with van der Waals surface area (Å²) in [5.41, 5.74) is 0. The van der Waals surface area contributed by atoms with Crippen LogP contribution in [0.1, 0.15) is 12.8 Å². The summed E-state index contributed by atoms with van der Waals surface area (Å²) < 4.78 is 48.1. The molecule has 78 valence electrons. The zero-order chi connectivity index (χ0) is 11.1. The smallest absolute Gasteiger partial charge is 0.108 e. The third kappa shape index (κ3) is 3.56. The van der Waals surface area contributed by atoms with Crippen LogP contribution in [0.2, 0.25) is 0 Å². The molecule has 0 aliphatic carbocycles. The second kappa shape index (κ2) is 6.13. The minimum absolute atomic E-state index is 0.774. The lowest BCUT2D eigenvalue weighted by Gasteiger charge is -2.22. The number of halogens is 4. The topological polar surface area (TPSA) is 54.1 Å². The highest BCUT2D eigenvalue weighted by atomic mass is 19.4. The second-order valence-electron chi connectivity index (χ2n) is 2.38. The fraction of sp³-hybridized carbons (Fsp3) is 0.667. The molecule has 0 fully saturated rings. The first kappa shape index (κ1) is 12.6. The molecule has 0 rings (SSSR count). The van der Waals surface area contributed by atoms with Gasteiger partial charge < -0.3 is 0 Å². The van der Waals surface area contributed by atoms with E-state index in [4.69, 9.17) is 10.5 Å². The van der Waals surface area contributed by atoms with Crippen molar-refractivity contribution in [3.05, 3.63) is 0 Å². The lowest BCUT2D eigenvalue weighted by molar-refractivity contribution is -0.255. The van der Waals surface area contributed by atoms with E-state index in [1.54, 1.807) is 0 Å². The standard InChI is InChI=1S/C6H6F4N4/c7-13(8)5(1-3-11)6(2-4-12)14(9)10/h5-6H,1-2H2. The largest absolute Gasteiger partial charge is 0.198 e. The molecule has 0 aliphatic heterocycles. The third-order valence-corrected chi connectivity index (χ3v) is 1.55. The Balaban J connectivity index is 4.58. The summed E-state index contributed by atoms with van der Waals surface area (Å²) >= 11 is 0. The number of rotatable bonds is 5. The molecule has 14 heavy (non-hydrogen) atoms. The third-order valence-electron chi connectivity index (χ3n) is 1.55. The minimum Gasteiger partial charge on any atom is -0.198 e. The molecule has 0 saturated carbocycles. The van der Waals surface area contributed by atoms with Crippen molar-refractivity contribution in [2.75, 3.05) is 0 Å². The van der Waals surface area contributed by atoms with E-state index in [0.717, 1.165) is 0 Å². The van der Waals surface area contributed by atoms with E-state index < -0.39 is 35.6 Å². The molecule has 2 unspecified atom stereocenters. The van der Waals surface area contributed by atoms with Crippen molar-refractivity contribution in [1.29, 1.82) is 10.5 Å². The SMILES string of the molecule is N#CCC(C(CC#N)N(F)F)N(F)F. The van der Waals surface area contributed by atoms with Gasteiger partial charge in [0.2, 0.25) is 0 Å². The van der Waals surface area contributed by atoms with Crippen molar-refractivity contribution in [1.82, 2.24) is 10.7 Å². The van der Waals surface area contributed by atoms with Gasteiger partial charge in [-0.05, 0) is 0 Å². The van der Waals surface area contributed by atoms with E-state index in [9.17, 15) is 17.9 Å². The molecule has 0 spiro atoms. The maximum absolute atomic E-state index is 12.0. The van der Waals surface area contributed by atoms with Crippen LogP contribution in [0, 0.1) is 22.7 Å². The fourth-order valence-corrected chi connectivity index (χ4v) is 0.857. The van der Waals surface area contributed by atoms with Gasteiger partial charge in [0.05, 0.1) is 25.0 Å². The number of hydrogen-bond acceptors (Lipinski definition) is 4. The molecule has 0 amide bonds. The number of nitriles is 2. The Bertz CT molecular complexity index is 217. The molecule has 8 heteroatoms. The highest BCUT2D eigenvalue weighted by Gasteiger charge is 2.34. The Labute approximate surface area is 77.3 Å². The molecular weight excluding hydrogens is 204 g/mol. The molecule has 0 aliphatic rings. The van der Waals surface area contributed by atoms with Crippen LogP contribution < -0.4 is 0 Å². The summed E-state index contributed by atoms with van der Waals surface area (Å²) in [6, 6.07) is -1.22. The Morgan fingerprint density at radius 1 is 0.857 bits per heavy atom. The van der Waals surface area contributed by atoms with Crippen LogP contribution >= 0.6 is 0 Å². The quantitative estimate of drug-likeness (QED) is 0.511. The van der Waals surface area contributed by atoms with Gasteiger partial charge in [0, 0.05) is 10.7 Å². The van der Waals surface area contributed by atoms with Gasteiger partial charge in [-0.3, -0.25) is 0 Å². The van der Waals surface area contributed by atoms with E-state index in [2.05, 4.69) is 0 Å². The van der Waals surface area contributed by atoms with Crippen LogP contribution in [0.5, 0.6) is 0 Å². The fourth-order valence-electron chi connectivity index (χ4n) is 0.857. The summed E-state index contributed by atoms with van der Waals surface area (Å²) in [5, 5.41) is 13.3. The lowest BCUT2D eigenvalue weighted by atomic mass is 10.0. The first-order valence-electron chi connectivity index (χ1n) is 3.50. The van der Waals surface area contributed by atoms with Crippen LogP contribution in [0.3, 0.4) is 0 Å². The van der Waals surface area contributed by atoms with Gasteiger partial charge in [-0.25, -0.2) is 0 Å². The zero-order valence-corrected chi connectivity index (χ0v) is 6.87. The minimum atomic E-state index is -1.96. The summed E-state index contributed by atoms with van der Waals surface area (Å²) in [5.74, 6) is 0. The van der Waals surface area contributed by atoms with E-state index in [0.29, 0.717) is 0 Å². The average Bonchev–Trinajstić information content (AvgIpc) is 2.10. The van der Waals surface area contributed by atoms with Crippen LogP contribution in [0.4, 0.5) is 17.9 Å². The second-order valence-corrected chi connectivity index (χ2v) is 2.38. The Kier molecular flexibility index (Phi) is 5.53. The molecule has 0 aromatic rings. The number of hydrogen-bond donors (Lipinski definition) is 0. The number of nitrogens with zero attached hydrogens (tertiary/aromatic N) is 4. The molecule has 0 aromatic carbocycles. The molecule has 0 saturated heterocycles. The molecule has 2 atom stereocenters. The van der Waals surface area contributed by atoms with Crippen LogP contribution in [-0.4, -0.2) is 22.8 Å². The van der Waals surface area contributed by atoms with E-state index in [1.165, 1.54) is 12.1 Å². The van der Waals surface area contributed by atoms with Crippen LogP contribution in [0.15, 0.2) is 0 Å². The molecule has 4 nitrogen and oxygen atoms in total. The first-order valence-corrected chi connectivity index (χ1v) is 3.50. The van der Waals surface area contributed by atoms with Crippen molar-refractivity contribution in [3.63, 3.8) is 0 Å². The van der Waals surface area contributed by atoms with Gasteiger partial charge >= 0.3 is 0 Å². The van der Waals surface area contributed by atoms with Gasteiger partial charge in [-0.1, -0.05) is 0 Å². The Morgan fingerprint density at radius 3 is 1.29 bits per heavy atom. The summed E-state index contributed by atoms with van der Waals surface area (Å²) in [7, 11) is 0. The molecule has 0 N–H and O–H groups in total. The Morgan fingerprint density at radius 2 is 1.14 bits per heavy atom. The predicted octanol–water partition coefficient (Wildman–Crippen LogP) is 1.69. The van der Waals surface area contributed by atoms with E-state index >= 15 is 0 Å². The van der Waals surface area contributed by atoms with E-state index in [1.807, 2.05) is 0 Å². The molecule has 0 radical (unpaired) electrons. The zero-order valence-electron chi connectivity index (χ0n) is 6.87. The van der Waals surface area contributed by atoms with Crippen LogP contribution in [-0.2, 0) is 0 Å². The van der Waals surface area contributed by atoms with Crippen molar-refractivity contribution in [3.8, 4) is 12.1 Å². The highest BCUT2D eigenvalue weighted by molar-refractivity contribution is 4.91. The van der Waals surface area contributed by atoms with Crippen molar-refractivity contribution >= 4 is 0 Å². The van der Waals surface area contributed by atoms with Gasteiger partial charge in [0.1, 0.15) is 12.1 Å². The van der Waals surface area contributed by atoms with Crippen molar-refractivity contribution in [2.45, 2.75) is 24.9 Å².